The van der Waals surface area contributed by atoms with Crippen molar-refractivity contribution in [1.82, 2.24) is 9.80 Å². The summed E-state index contributed by atoms with van der Waals surface area (Å²) >= 11 is 0. The fraction of sp³-hybridized carbons (Fsp3) is 0.722. The maximum atomic E-state index is 12.6. The number of amides is 1. The lowest BCUT2D eigenvalue weighted by molar-refractivity contribution is -0.138. The molecule has 0 aromatic carbocycles. The van der Waals surface area contributed by atoms with Gasteiger partial charge in [0, 0.05) is 32.6 Å². The molecule has 24 heavy (non-hydrogen) atoms. The zero-order valence-corrected chi connectivity index (χ0v) is 14.1. The van der Waals surface area contributed by atoms with Crippen molar-refractivity contribution in [2.24, 2.45) is 17.8 Å². The summed E-state index contributed by atoms with van der Waals surface area (Å²) in [5.74, 6) is 2.70. The summed E-state index contributed by atoms with van der Waals surface area (Å²) in [7, 11) is 0. The zero-order valence-electron chi connectivity index (χ0n) is 14.1. The molecule has 0 saturated carbocycles. The smallest absolute Gasteiger partial charge is 0.223 e. The average Bonchev–Trinajstić information content (AvgIpc) is 3.26. The molecule has 1 aromatic rings. The molecule has 3 atom stereocenters. The number of fused-ring (bicyclic) bond motifs is 1. The largest absolute Gasteiger partial charge is 0.468 e. The fourth-order valence-electron chi connectivity index (χ4n) is 4.32. The van der Waals surface area contributed by atoms with E-state index in [2.05, 4.69) is 4.90 Å². The predicted molar refractivity (Wildman–Crippen MR) is 87.3 cm³/mol. The van der Waals surface area contributed by atoms with E-state index >= 15 is 0 Å². The molecule has 3 aliphatic rings. The average molecular weight is 334 g/mol. The van der Waals surface area contributed by atoms with Gasteiger partial charge in [0.05, 0.1) is 39.2 Å². The lowest BCUT2D eigenvalue weighted by Gasteiger charge is -2.35. The Kier molecular flexibility index (Phi) is 4.87. The number of morpholine rings is 1. The number of nitrogens with zero attached hydrogens (tertiary/aromatic N) is 2. The van der Waals surface area contributed by atoms with Gasteiger partial charge >= 0.3 is 0 Å². The van der Waals surface area contributed by atoms with E-state index in [-0.39, 0.29) is 5.91 Å². The van der Waals surface area contributed by atoms with Crippen LogP contribution in [0, 0.1) is 17.8 Å². The molecular formula is C18H26N2O4. The Hall–Kier alpha value is -1.37. The van der Waals surface area contributed by atoms with Crippen LogP contribution in [-0.4, -0.2) is 68.3 Å². The highest BCUT2D eigenvalue weighted by Gasteiger charge is 2.42. The summed E-state index contributed by atoms with van der Waals surface area (Å²) in [4.78, 5) is 17.0. The maximum Gasteiger partial charge on any atom is 0.223 e. The first-order valence-electron chi connectivity index (χ1n) is 8.97. The third kappa shape index (κ3) is 3.50. The van der Waals surface area contributed by atoms with Gasteiger partial charge in [-0.15, -0.1) is 0 Å². The molecule has 4 heterocycles. The molecule has 3 fully saturated rings. The SMILES string of the molecule is O=C(C[C@@H]1COC[C@H]2CN(Cc3ccco3)C[C@@H]12)N1CCOCC1. The van der Waals surface area contributed by atoms with Crippen molar-refractivity contribution >= 4 is 5.91 Å². The van der Waals surface area contributed by atoms with Crippen molar-refractivity contribution in [1.29, 1.82) is 0 Å². The van der Waals surface area contributed by atoms with Crippen LogP contribution in [0.2, 0.25) is 0 Å². The lowest BCUT2D eigenvalue weighted by atomic mass is 9.81. The summed E-state index contributed by atoms with van der Waals surface area (Å²) in [6.07, 6.45) is 2.33. The second-order valence-corrected chi connectivity index (χ2v) is 7.19. The van der Waals surface area contributed by atoms with Crippen molar-refractivity contribution in [3.63, 3.8) is 0 Å². The summed E-state index contributed by atoms with van der Waals surface area (Å²) in [5.41, 5.74) is 0. The van der Waals surface area contributed by atoms with Gasteiger partial charge in [0.1, 0.15) is 5.76 Å². The van der Waals surface area contributed by atoms with Gasteiger partial charge in [0.15, 0.2) is 0 Å². The Bertz CT molecular complexity index is 541. The first kappa shape index (κ1) is 16.1. The van der Waals surface area contributed by atoms with E-state index in [9.17, 15) is 4.79 Å². The number of hydrogen-bond donors (Lipinski definition) is 0. The van der Waals surface area contributed by atoms with Crippen LogP contribution in [-0.2, 0) is 20.8 Å². The minimum atomic E-state index is 0.261. The number of likely N-dealkylation sites (tertiary alicyclic amines) is 1. The Morgan fingerprint density at radius 2 is 2.04 bits per heavy atom. The molecule has 0 N–H and O–H groups in total. The molecule has 0 radical (unpaired) electrons. The number of carbonyl (C=O) groups is 1. The van der Waals surface area contributed by atoms with E-state index in [0.717, 1.165) is 45.1 Å². The molecule has 3 aliphatic heterocycles. The third-order valence-electron chi connectivity index (χ3n) is 5.60. The molecule has 6 nitrogen and oxygen atoms in total. The Labute approximate surface area is 142 Å². The fourth-order valence-corrected chi connectivity index (χ4v) is 4.32. The number of carbonyl (C=O) groups excluding carboxylic acids is 1. The topological polar surface area (TPSA) is 55.2 Å². The first-order valence-corrected chi connectivity index (χ1v) is 8.97. The van der Waals surface area contributed by atoms with Crippen LogP contribution in [0.3, 0.4) is 0 Å². The van der Waals surface area contributed by atoms with Crippen molar-refractivity contribution < 1.29 is 18.7 Å². The molecular weight excluding hydrogens is 308 g/mol. The lowest BCUT2D eigenvalue weighted by Crippen LogP contribution is -2.44. The standard InChI is InChI=1S/C18H26N2O4/c21-18(20-3-6-22-7-4-20)8-14-12-23-13-15-9-19(11-17(14)15)10-16-2-1-5-24-16/h1-2,5,14-15,17H,3-4,6-13H2/t14-,15-,17+/m1/s1. The molecule has 3 saturated heterocycles. The van der Waals surface area contributed by atoms with Crippen molar-refractivity contribution in [3.8, 4) is 0 Å². The van der Waals surface area contributed by atoms with Gasteiger partial charge in [-0.2, -0.15) is 0 Å². The molecule has 0 spiro atoms. The van der Waals surface area contributed by atoms with Gasteiger partial charge in [0.25, 0.3) is 0 Å². The van der Waals surface area contributed by atoms with E-state index in [1.165, 1.54) is 0 Å². The molecule has 1 aromatic heterocycles. The second kappa shape index (κ2) is 7.25. The molecule has 0 unspecified atom stereocenters. The van der Waals surface area contributed by atoms with Crippen LogP contribution in [0.1, 0.15) is 12.2 Å². The van der Waals surface area contributed by atoms with Crippen molar-refractivity contribution in [2.45, 2.75) is 13.0 Å². The number of rotatable bonds is 4. The Balaban J connectivity index is 1.35. The van der Waals surface area contributed by atoms with Gasteiger partial charge in [-0.3, -0.25) is 9.69 Å². The van der Waals surface area contributed by atoms with Gasteiger partial charge < -0.3 is 18.8 Å². The Morgan fingerprint density at radius 3 is 2.83 bits per heavy atom. The third-order valence-corrected chi connectivity index (χ3v) is 5.60. The Morgan fingerprint density at radius 1 is 1.17 bits per heavy atom. The summed E-state index contributed by atoms with van der Waals surface area (Å²) < 4.78 is 16.6. The summed E-state index contributed by atoms with van der Waals surface area (Å²) in [6.45, 7) is 7.24. The second-order valence-electron chi connectivity index (χ2n) is 7.19. The summed E-state index contributed by atoms with van der Waals surface area (Å²) in [6, 6.07) is 3.96. The first-order chi connectivity index (χ1) is 11.8. The van der Waals surface area contributed by atoms with Crippen LogP contribution in [0.4, 0.5) is 0 Å². The molecule has 0 bridgehead atoms. The zero-order chi connectivity index (χ0) is 16.4. The van der Waals surface area contributed by atoms with Gasteiger partial charge in [-0.1, -0.05) is 0 Å². The molecule has 4 rings (SSSR count). The normalized spacial score (nSPS) is 31.2. The summed E-state index contributed by atoms with van der Waals surface area (Å²) in [5, 5.41) is 0. The van der Waals surface area contributed by atoms with Crippen molar-refractivity contribution in [3.05, 3.63) is 24.2 Å². The van der Waals surface area contributed by atoms with Gasteiger partial charge in [0.2, 0.25) is 5.91 Å². The quantitative estimate of drug-likeness (QED) is 0.829. The van der Waals surface area contributed by atoms with E-state index < -0.39 is 0 Å². The number of hydrogen-bond acceptors (Lipinski definition) is 5. The minimum Gasteiger partial charge on any atom is -0.468 e. The highest BCUT2D eigenvalue weighted by Crippen LogP contribution is 2.36. The van der Waals surface area contributed by atoms with Crippen LogP contribution in [0.5, 0.6) is 0 Å². The molecule has 1 amide bonds. The molecule has 132 valence electrons. The van der Waals surface area contributed by atoms with E-state index in [1.807, 2.05) is 17.0 Å². The van der Waals surface area contributed by atoms with E-state index in [1.54, 1.807) is 6.26 Å². The van der Waals surface area contributed by atoms with Crippen LogP contribution in [0.25, 0.3) is 0 Å². The van der Waals surface area contributed by atoms with E-state index in [0.29, 0.717) is 44.0 Å². The van der Waals surface area contributed by atoms with E-state index in [4.69, 9.17) is 13.9 Å². The van der Waals surface area contributed by atoms with Gasteiger partial charge in [-0.25, -0.2) is 0 Å². The van der Waals surface area contributed by atoms with Crippen LogP contribution >= 0.6 is 0 Å². The molecule has 6 heteroatoms. The number of ether oxygens (including phenoxy) is 2. The highest BCUT2D eigenvalue weighted by molar-refractivity contribution is 5.76. The number of furan rings is 1. The minimum absolute atomic E-state index is 0.261. The predicted octanol–water partition coefficient (Wildman–Crippen LogP) is 1.22. The molecule has 0 aliphatic carbocycles. The van der Waals surface area contributed by atoms with Crippen LogP contribution in [0.15, 0.2) is 22.8 Å². The van der Waals surface area contributed by atoms with Crippen LogP contribution < -0.4 is 0 Å². The monoisotopic (exact) mass is 334 g/mol. The maximum absolute atomic E-state index is 12.6. The highest BCUT2D eigenvalue weighted by atomic mass is 16.5. The van der Waals surface area contributed by atoms with Gasteiger partial charge in [-0.05, 0) is 29.9 Å². The van der Waals surface area contributed by atoms with Crippen molar-refractivity contribution in [2.75, 3.05) is 52.6 Å².